The predicted molar refractivity (Wildman–Crippen MR) is 154 cm³/mol. The molecule has 0 radical (unpaired) electrons. The Kier molecular flexibility index (Phi) is 7.22. The zero-order chi connectivity index (χ0) is 26.1. The van der Waals surface area contributed by atoms with E-state index >= 15 is 0 Å². The molecule has 6 rings (SSSR count). The van der Waals surface area contributed by atoms with E-state index in [9.17, 15) is 9.59 Å². The summed E-state index contributed by atoms with van der Waals surface area (Å²) >= 11 is 3.31. The molecule has 0 fully saturated rings. The van der Waals surface area contributed by atoms with Crippen molar-refractivity contribution < 1.29 is 14.3 Å². The summed E-state index contributed by atoms with van der Waals surface area (Å²) in [5, 5.41) is 14.6. The number of ether oxygens (including phenoxy) is 1. The molecule has 0 bridgehead atoms. The summed E-state index contributed by atoms with van der Waals surface area (Å²) in [5.74, 6) is 0.0362. The van der Waals surface area contributed by atoms with E-state index in [1.54, 1.807) is 29.8 Å². The molecule has 0 aliphatic carbocycles. The van der Waals surface area contributed by atoms with Gasteiger partial charge in [-0.2, -0.15) is 0 Å². The maximum atomic E-state index is 12.8. The van der Waals surface area contributed by atoms with Crippen LogP contribution in [0.5, 0.6) is 0 Å². The highest BCUT2D eigenvalue weighted by atomic mass is 32.1. The predicted octanol–water partition coefficient (Wildman–Crippen LogP) is 4.40. The van der Waals surface area contributed by atoms with Crippen molar-refractivity contribution in [1.29, 1.82) is 0 Å². The van der Waals surface area contributed by atoms with Crippen LogP contribution in [0.2, 0.25) is 0 Å². The summed E-state index contributed by atoms with van der Waals surface area (Å²) in [7, 11) is 1.67. The molecule has 4 aromatic rings. The molecule has 8 nitrogen and oxygen atoms in total. The van der Waals surface area contributed by atoms with Crippen molar-refractivity contribution >= 4 is 55.4 Å². The lowest BCUT2D eigenvalue weighted by Crippen LogP contribution is -2.24. The van der Waals surface area contributed by atoms with Gasteiger partial charge < -0.3 is 26.0 Å². The molecule has 38 heavy (non-hydrogen) atoms. The van der Waals surface area contributed by atoms with Gasteiger partial charge in [-0.1, -0.05) is 18.2 Å². The molecule has 0 saturated heterocycles. The van der Waals surface area contributed by atoms with Crippen LogP contribution in [-0.2, 0) is 33.7 Å². The first-order chi connectivity index (χ1) is 18.6. The Morgan fingerprint density at radius 3 is 2.89 bits per heavy atom. The van der Waals surface area contributed by atoms with Gasteiger partial charge in [-0.3, -0.25) is 9.59 Å². The normalized spacial score (nSPS) is 14.4. The van der Waals surface area contributed by atoms with Gasteiger partial charge in [0.2, 0.25) is 11.8 Å². The third-order valence-corrected chi connectivity index (χ3v) is 9.05. The second-order valence-corrected chi connectivity index (χ2v) is 11.6. The van der Waals surface area contributed by atoms with Crippen LogP contribution in [0, 0.1) is 0 Å². The molecule has 10 heteroatoms. The van der Waals surface area contributed by atoms with Gasteiger partial charge in [0.1, 0.15) is 10.0 Å². The average molecular weight is 548 g/mol. The lowest BCUT2D eigenvalue weighted by atomic mass is 10.0. The number of thiazole rings is 1. The summed E-state index contributed by atoms with van der Waals surface area (Å²) in [6.07, 6.45) is 1.75. The van der Waals surface area contributed by atoms with Crippen LogP contribution < -0.4 is 21.3 Å². The highest BCUT2D eigenvalue weighted by molar-refractivity contribution is 7.23. The van der Waals surface area contributed by atoms with Crippen LogP contribution in [0.3, 0.4) is 0 Å². The largest absolute Gasteiger partial charge is 0.383 e. The van der Waals surface area contributed by atoms with Crippen LogP contribution >= 0.6 is 22.7 Å². The van der Waals surface area contributed by atoms with Crippen molar-refractivity contribution in [3.63, 3.8) is 0 Å². The van der Waals surface area contributed by atoms with Gasteiger partial charge in [0, 0.05) is 49.3 Å². The summed E-state index contributed by atoms with van der Waals surface area (Å²) in [4.78, 5) is 30.8. The van der Waals surface area contributed by atoms with Crippen LogP contribution in [0.25, 0.3) is 31.9 Å². The number of carbonyl (C=O) groups excluding carboxylic acids is 2. The maximum absolute atomic E-state index is 12.8. The van der Waals surface area contributed by atoms with E-state index in [0.29, 0.717) is 26.0 Å². The van der Waals surface area contributed by atoms with Crippen molar-refractivity contribution in [2.24, 2.45) is 0 Å². The first-order valence-electron chi connectivity index (χ1n) is 12.8. The summed E-state index contributed by atoms with van der Waals surface area (Å²) in [6.45, 7) is 3.68. The highest BCUT2D eigenvalue weighted by Crippen LogP contribution is 2.45. The fraction of sp³-hybridized carbons (Fsp3) is 0.321. The average Bonchev–Trinajstić information content (AvgIpc) is 3.60. The van der Waals surface area contributed by atoms with Crippen LogP contribution in [0.4, 0.5) is 10.7 Å². The van der Waals surface area contributed by atoms with Crippen LogP contribution in [-0.4, -0.2) is 50.1 Å². The number of amides is 2. The van der Waals surface area contributed by atoms with Gasteiger partial charge in [0.15, 0.2) is 0 Å². The molecule has 196 valence electrons. The summed E-state index contributed by atoms with van der Waals surface area (Å²) < 4.78 is 6.14. The monoisotopic (exact) mass is 547 g/mol. The molecular formula is C28H29N5O3S2. The van der Waals surface area contributed by atoms with Gasteiger partial charge in [-0.15, -0.1) is 22.7 Å². The van der Waals surface area contributed by atoms with E-state index < -0.39 is 0 Å². The van der Waals surface area contributed by atoms with Crippen LogP contribution in [0.1, 0.15) is 22.4 Å². The smallest absolute Gasteiger partial charge is 0.228 e. The van der Waals surface area contributed by atoms with Crippen molar-refractivity contribution in [3.8, 4) is 21.7 Å². The second kappa shape index (κ2) is 10.9. The number of methoxy groups -OCH3 is 1. The molecule has 2 amide bonds. The number of rotatable bonds is 9. The number of aromatic nitrogens is 1. The minimum Gasteiger partial charge on any atom is -0.383 e. The van der Waals surface area contributed by atoms with Crippen molar-refractivity contribution in [1.82, 2.24) is 15.6 Å². The number of hydrogen-bond acceptors (Lipinski definition) is 8. The number of carbonyl (C=O) groups is 2. The number of hydrogen-bond donors (Lipinski definition) is 4. The number of nitrogens with one attached hydrogen (secondary N) is 4. The lowest BCUT2D eigenvalue weighted by Gasteiger charge is -2.13. The molecule has 4 heterocycles. The van der Waals surface area contributed by atoms with Gasteiger partial charge in [0.05, 0.1) is 23.2 Å². The Morgan fingerprint density at radius 1 is 1.13 bits per heavy atom. The third kappa shape index (κ3) is 5.10. The molecule has 4 N–H and O–H groups in total. The second-order valence-electron chi connectivity index (χ2n) is 9.47. The van der Waals surface area contributed by atoms with E-state index in [1.807, 2.05) is 12.1 Å². The minimum atomic E-state index is -0.00480. The zero-order valence-corrected chi connectivity index (χ0v) is 22.7. The third-order valence-electron chi connectivity index (χ3n) is 6.86. The molecular weight excluding hydrogens is 518 g/mol. The standard InChI is InChI=1S/C28H29N5O3S2/c1-36-11-10-29-9-7-24(34)33-28-26(19-6-8-30-15-23(19)38-28)27-32-20-5-4-17(13-22(20)37-27)16-2-3-18-14-25(35)31-21(18)12-16/h2-5,12-13,29-30H,6-11,14-15H2,1H3,(H,31,35)(H,33,34). The molecule has 2 aliphatic heterocycles. The fourth-order valence-corrected chi connectivity index (χ4v) is 7.33. The summed E-state index contributed by atoms with van der Waals surface area (Å²) in [5.41, 5.74) is 7.38. The summed E-state index contributed by atoms with van der Waals surface area (Å²) in [6, 6.07) is 12.4. The maximum Gasteiger partial charge on any atom is 0.228 e. The Morgan fingerprint density at radius 2 is 2.00 bits per heavy atom. The van der Waals surface area contributed by atoms with Crippen LogP contribution in [0.15, 0.2) is 36.4 Å². The number of anilines is 2. The Labute approximate surface area is 228 Å². The highest BCUT2D eigenvalue weighted by Gasteiger charge is 2.25. The van der Waals surface area contributed by atoms with Gasteiger partial charge in [-0.05, 0) is 53.4 Å². The number of thiophene rings is 1. The van der Waals surface area contributed by atoms with Gasteiger partial charge in [-0.25, -0.2) is 4.98 Å². The molecule has 0 saturated carbocycles. The van der Waals surface area contributed by atoms with Crippen molar-refractivity contribution in [3.05, 3.63) is 52.4 Å². The SMILES string of the molecule is COCCNCCC(=O)Nc1sc2c(c1-c1nc3ccc(-c4ccc5c(c4)NC(=O)C5)cc3s1)CCNC2. The molecule has 2 aliphatic rings. The topological polar surface area (TPSA) is 104 Å². The number of benzene rings is 2. The molecule has 0 atom stereocenters. The number of nitrogens with zero attached hydrogens (tertiary/aromatic N) is 1. The van der Waals surface area contributed by atoms with Crippen molar-refractivity contribution in [2.75, 3.05) is 44.0 Å². The first-order valence-corrected chi connectivity index (χ1v) is 14.4. The molecule has 0 unspecified atom stereocenters. The Hall–Kier alpha value is -3.15. The number of fused-ring (bicyclic) bond motifs is 3. The Balaban J connectivity index is 1.28. The van der Waals surface area contributed by atoms with E-state index in [0.717, 1.165) is 74.2 Å². The van der Waals surface area contributed by atoms with E-state index in [-0.39, 0.29) is 11.8 Å². The molecule has 0 spiro atoms. The van der Waals surface area contributed by atoms with Gasteiger partial charge in [0.25, 0.3) is 0 Å². The van der Waals surface area contributed by atoms with Crippen molar-refractivity contribution in [2.45, 2.75) is 25.8 Å². The minimum absolute atomic E-state index is 0.00480. The molecule has 2 aromatic heterocycles. The van der Waals surface area contributed by atoms with E-state index in [4.69, 9.17) is 9.72 Å². The quantitative estimate of drug-likeness (QED) is 0.232. The fourth-order valence-electron chi connectivity index (χ4n) is 4.94. The first kappa shape index (κ1) is 25.1. The lowest BCUT2D eigenvalue weighted by molar-refractivity contribution is -0.116. The molecule has 2 aromatic carbocycles. The van der Waals surface area contributed by atoms with E-state index in [1.165, 1.54) is 10.4 Å². The van der Waals surface area contributed by atoms with E-state index in [2.05, 4.69) is 45.5 Å². The van der Waals surface area contributed by atoms with Gasteiger partial charge >= 0.3 is 0 Å². The zero-order valence-electron chi connectivity index (χ0n) is 21.1. The Bertz CT molecular complexity index is 1530.